The molecule has 0 heterocycles. The van der Waals surface area contributed by atoms with E-state index in [1.807, 2.05) is 13.0 Å². The Balaban J connectivity index is 2.23. The second-order valence-electron chi connectivity index (χ2n) is 4.11. The highest BCUT2D eigenvalue weighted by atomic mass is 19.1. The Bertz CT molecular complexity index is 629. The fourth-order valence-corrected chi connectivity index (χ4v) is 1.78. The molecule has 0 aromatic heterocycles. The predicted octanol–water partition coefficient (Wildman–Crippen LogP) is 3.06. The third kappa shape index (κ3) is 3.06. The lowest BCUT2D eigenvalue weighted by Gasteiger charge is -2.12. The van der Waals surface area contributed by atoms with Crippen molar-refractivity contribution in [2.75, 3.05) is 17.7 Å². The minimum absolute atomic E-state index is 0.0939. The summed E-state index contributed by atoms with van der Waals surface area (Å²) >= 11 is 0. The molecule has 4 nitrogen and oxygen atoms in total. The minimum Gasteiger partial charge on any atom is -0.492 e. The molecule has 0 spiro atoms. The van der Waals surface area contributed by atoms with Gasteiger partial charge < -0.3 is 15.8 Å². The standard InChI is InChI=1S/C15H15FN2O2/c1-2-20-14-6-4-3-5-13(14)18-15(19)11-8-7-10(16)9-12(11)17/h3-9H,2,17H2,1H3,(H,18,19). The van der Waals surface area contributed by atoms with Gasteiger partial charge in [0.05, 0.1) is 17.9 Å². The van der Waals surface area contributed by atoms with Crippen molar-refractivity contribution in [3.8, 4) is 5.75 Å². The number of halogens is 1. The van der Waals surface area contributed by atoms with Gasteiger partial charge in [0.15, 0.2) is 0 Å². The van der Waals surface area contributed by atoms with Crippen molar-refractivity contribution in [1.29, 1.82) is 0 Å². The molecule has 0 radical (unpaired) electrons. The Labute approximate surface area is 116 Å². The maximum Gasteiger partial charge on any atom is 0.257 e. The number of amides is 1. The fourth-order valence-electron chi connectivity index (χ4n) is 1.78. The van der Waals surface area contributed by atoms with Gasteiger partial charge in [-0.15, -0.1) is 0 Å². The molecule has 0 saturated carbocycles. The number of anilines is 2. The molecular formula is C15H15FN2O2. The Kier molecular flexibility index (Phi) is 4.20. The second-order valence-corrected chi connectivity index (χ2v) is 4.11. The number of hydrogen-bond donors (Lipinski definition) is 2. The summed E-state index contributed by atoms with van der Waals surface area (Å²) in [5.74, 6) is -0.313. The number of hydrogen-bond acceptors (Lipinski definition) is 3. The second kappa shape index (κ2) is 6.06. The molecule has 0 bridgehead atoms. The third-order valence-corrected chi connectivity index (χ3v) is 2.69. The van der Waals surface area contributed by atoms with Gasteiger partial charge >= 0.3 is 0 Å². The van der Waals surface area contributed by atoms with Crippen molar-refractivity contribution in [3.05, 3.63) is 53.8 Å². The molecule has 0 atom stereocenters. The molecule has 2 aromatic carbocycles. The molecule has 2 aromatic rings. The van der Waals surface area contributed by atoms with Gasteiger partial charge in [0.25, 0.3) is 5.91 Å². The summed E-state index contributed by atoms with van der Waals surface area (Å²) in [5, 5.41) is 2.71. The molecule has 2 rings (SSSR count). The summed E-state index contributed by atoms with van der Waals surface area (Å²) in [5.41, 5.74) is 6.50. The van der Waals surface area contributed by atoms with Gasteiger partial charge in [-0.2, -0.15) is 0 Å². The molecule has 20 heavy (non-hydrogen) atoms. The van der Waals surface area contributed by atoms with E-state index in [2.05, 4.69) is 5.32 Å². The molecule has 0 aliphatic rings. The predicted molar refractivity (Wildman–Crippen MR) is 76.4 cm³/mol. The summed E-state index contributed by atoms with van der Waals surface area (Å²) in [6, 6.07) is 10.7. The van der Waals surface area contributed by atoms with Crippen LogP contribution in [0.4, 0.5) is 15.8 Å². The number of para-hydroxylation sites is 2. The topological polar surface area (TPSA) is 64.3 Å². The van der Waals surface area contributed by atoms with Crippen molar-refractivity contribution >= 4 is 17.3 Å². The van der Waals surface area contributed by atoms with Crippen molar-refractivity contribution < 1.29 is 13.9 Å². The Hall–Kier alpha value is -2.56. The van der Waals surface area contributed by atoms with Crippen LogP contribution < -0.4 is 15.8 Å². The van der Waals surface area contributed by atoms with Crippen LogP contribution in [0, 0.1) is 5.82 Å². The van der Waals surface area contributed by atoms with Crippen LogP contribution in [0.25, 0.3) is 0 Å². The lowest BCUT2D eigenvalue weighted by Crippen LogP contribution is -2.15. The van der Waals surface area contributed by atoms with Gasteiger partial charge in [0.1, 0.15) is 11.6 Å². The van der Waals surface area contributed by atoms with Crippen LogP contribution in [0.5, 0.6) is 5.75 Å². The average Bonchev–Trinajstić information content (AvgIpc) is 2.41. The van der Waals surface area contributed by atoms with E-state index in [1.54, 1.807) is 18.2 Å². The first kappa shape index (κ1) is 13.9. The molecule has 5 heteroatoms. The van der Waals surface area contributed by atoms with Gasteiger partial charge in [-0.1, -0.05) is 12.1 Å². The van der Waals surface area contributed by atoms with Crippen LogP contribution in [0.3, 0.4) is 0 Å². The summed E-state index contributed by atoms with van der Waals surface area (Å²) in [6.45, 7) is 2.35. The molecule has 0 saturated heterocycles. The van der Waals surface area contributed by atoms with Crippen LogP contribution in [-0.4, -0.2) is 12.5 Å². The van der Waals surface area contributed by atoms with Gasteiger partial charge in [-0.3, -0.25) is 4.79 Å². The van der Waals surface area contributed by atoms with E-state index < -0.39 is 11.7 Å². The van der Waals surface area contributed by atoms with Crippen LogP contribution in [0.1, 0.15) is 17.3 Å². The van der Waals surface area contributed by atoms with Gasteiger partial charge in [0, 0.05) is 5.69 Å². The van der Waals surface area contributed by atoms with Crippen molar-refractivity contribution in [2.24, 2.45) is 0 Å². The van der Waals surface area contributed by atoms with E-state index >= 15 is 0 Å². The summed E-state index contributed by atoms with van der Waals surface area (Å²) < 4.78 is 18.4. The van der Waals surface area contributed by atoms with Crippen LogP contribution >= 0.6 is 0 Å². The minimum atomic E-state index is -0.478. The van der Waals surface area contributed by atoms with Crippen LogP contribution in [0.15, 0.2) is 42.5 Å². The first-order chi connectivity index (χ1) is 9.61. The number of carbonyl (C=O) groups excluding carboxylic acids is 1. The molecule has 0 unspecified atom stereocenters. The Morgan fingerprint density at radius 3 is 2.75 bits per heavy atom. The molecular weight excluding hydrogens is 259 g/mol. The van der Waals surface area contributed by atoms with E-state index in [1.165, 1.54) is 12.1 Å². The number of nitrogen functional groups attached to an aromatic ring is 1. The quantitative estimate of drug-likeness (QED) is 0.842. The van der Waals surface area contributed by atoms with Crippen molar-refractivity contribution in [2.45, 2.75) is 6.92 Å². The summed E-state index contributed by atoms with van der Waals surface area (Å²) in [6.07, 6.45) is 0. The molecule has 3 N–H and O–H groups in total. The highest BCUT2D eigenvalue weighted by molar-refractivity contribution is 6.08. The van der Waals surface area contributed by atoms with E-state index in [0.717, 1.165) is 6.07 Å². The summed E-state index contributed by atoms with van der Waals surface area (Å²) in [4.78, 5) is 12.1. The van der Waals surface area contributed by atoms with Gasteiger partial charge in [0.2, 0.25) is 0 Å². The zero-order valence-electron chi connectivity index (χ0n) is 11.0. The molecule has 0 fully saturated rings. The average molecular weight is 274 g/mol. The monoisotopic (exact) mass is 274 g/mol. The zero-order valence-corrected chi connectivity index (χ0v) is 11.0. The maximum absolute atomic E-state index is 13.0. The van der Waals surface area contributed by atoms with Crippen LogP contribution in [0.2, 0.25) is 0 Å². The molecule has 104 valence electrons. The van der Waals surface area contributed by atoms with E-state index in [9.17, 15) is 9.18 Å². The number of benzene rings is 2. The zero-order chi connectivity index (χ0) is 14.5. The largest absolute Gasteiger partial charge is 0.492 e. The molecule has 1 amide bonds. The van der Waals surface area contributed by atoms with E-state index in [-0.39, 0.29) is 11.3 Å². The fraction of sp³-hybridized carbons (Fsp3) is 0.133. The SMILES string of the molecule is CCOc1ccccc1NC(=O)c1ccc(F)cc1N. The lowest BCUT2D eigenvalue weighted by atomic mass is 10.1. The van der Waals surface area contributed by atoms with Crippen molar-refractivity contribution in [3.63, 3.8) is 0 Å². The van der Waals surface area contributed by atoms with Crippen LogP contribution in [-0.2, 0) is 0 Å². The summed E-state index contributed by atoms with van der Waals surface area (Å²) in [7, 11) is 0. The Morgan fingerprint density at radius 2 is 2.05 bits per heavy atom. The number of nitrogens with two attached hydrogens (primary N) is 1. The Morgan fingerprint density at radius 1 is 1.30 bits per heavy atom. The van der Waals surface area contributed by atoms with E-state index in [4.69, 9.17) is 10.5 Å². The normalized spacial score (nSPS) is 10.1. The third-order valence-electron chi connectivity index (χ3n) is 2.69. The van der Waals surface area contributed by atoms with Gasteiger partial charge in [-0.05, 0) is 37.3 Å². The first-order valence-corrected chi connectivity index (χ1v) is 6.20. The number of nitrogens with one attached hydrogen (secondary N) is 1. The maximum atomic E-state index is 13.0. The highest BCUT2D eigenvalue weighted by Gasteiger charge is 2.12. The number of ether oxygens (including phenoxy) is 1. The van der Waals surface area contributed by atoms with E-state index in [0.29, 0.717) is 18.0 Å². The number of carbonyl (C=O) groups is 1. The van der Waals surface area contributed by atoms with Gasteiger partial charge in [-0.25, -0.2) is 4.39 Å². The first-order valence-electron chi connectivity index (χ1n) is 6.20. The lowest BCUT2D eigenvalue weighted by molar-refractivity contribution is 0.102. The number of rotatable bonds is 4. The highest BCUT2D eigenvalue weighted by Crippen LogP contribution is 2.25. The van der Waals surface area contributed by atoms with Crippen molar-refractivity contribution in [1.82, 2.24) is 0 Å². The molecule has 0 aliphatic heterocycles. The smallest absolute Gasteiger partial charge is 0.257 e. The molecule has 0 aliphatic carbocycles.